The molecule has 130 valence electrons. The molecule has 0 aromatic heterocycles. The summed E-state index contributed by atoms with van der Waals surface area (Å²) in [6.45, 7) is 1.85. The smallest absolute Gasteiger partial charge is 0.322 e. The molecule has 2 atom stereocenters. The van der Waals surface area contributed by atoms with Crippen LogP contribution in [0.3, 0.4) is 0 Å². The lowest BCUT2D eigenvalue weighted by atomic mass is 10.2. The summed E-state index contributed by atoms with van der Waals surface area (Å²) in [6.07, 6.45) is 3.62. The molecule has 6 nitrogen and oxygen atoms in total. The molecule has 3 rings (SSSR count). The number of nitrogens with zero attached hydrogens (tertiary/aromatic N) is 1. The van der Waals surface area contributed by atoms with E-state index in [0.29, 0.717) is 30.2 Å². The highest BCUT2D eigenvalue weighted by atomic mass is 35.5. The molecule has 2 aliphatic rings. The van der Waals surface area contributed by atoms with Crippen molar-refractivity contribution in [3.63, 3.8) is 0 Å². The number of nitrogens with one attached hydrogen (secondary N) is 2. The number of amides is 3. The van der Waals surface area contributed by atoms with Gasteiger partial charge in [0.15, 0.2) is 0 Å². The highest BCUT2D eigenvalue weighted by molar-refractivity contribution is 6.30. The van der Waals surface area contributed by atoms with E-state index < -0.39 is 6.04 Å². The molecule has 7 heteroatoms. The lowest BCUT2D eigenvalue weighted by molar-refractivity contribution is -0.125. The molecule has 1 aromatic rings. The first-order valence-corrected chi connectivity index (χ1v) is 8.74. The number of rotatable bonds is 4. The van der Waals surface area contributed by atoms with Gasteiger partial charge in [-0.3, -0.25) is 4.79 Å². The van der Waals surface area contributed by atoms with Crippen LogP contribution in [0.1, 0.15) is 25.7 Å². The number of hydrogen-bond donors (Lipinski definition) is 2. The Bertz CT molecular complexity index is 604. The van der Waals surface area contributed by atoms with Gasteiger partial charge in [-0.15, -0.1) is 0 Å². The first-order chi connectivity index (χ1) is 11.6. The number of halogens is 1. The molecule has 3 amide bonds. The van der Waals surface area contributed by atoms with Gasteiger partial charge in [-0.05, 0) is 43.9 Å². The summed E-state index contributed by atoms with van der Waals surface area (Å²) < 4.78 is 5.51. The molecule has 0 bridgehead atoms. The molecule has 0 spiro atoms. The van der Waals surface area contributed by atoms with Gasteiger partial charge in [-0.1, -0.05) is 17.7 Å². The number of anilines is 1. The second-order valence-corrected chi connectivity index (χ2v) is 6.61. The van der Waals surface area contributed by atoms with Gasteiger partial charge in [-0.25, -0.2) is 4.79 Å². The fourth-order valence-electron chi connectivity index (χ4n) is 3.18. The van der Waals surface area contributed by atoms with E-state index in [-0.39, 0.29) is 18.0 Å². The number of urea groups is 1. The number of ether oxygens (including phenoxy) is 1. The SMILES string of the molecule is O=C(NCC1CCCO1)C1CCCN1C(=O)Nc1cccc(Cl)c1. The zero-order valence-electron chi connectivity index (χ0n) is 13.5. The van der Waals surface area contributed by atoms with Gasteiger partial charge in [0.05, 0.1) is 6.10 Å². The van der Waals surface area contributed by atoms with Gasteiger partial charge in [-0.2, -0.15) is 0 Å². The van der Waals surface area contributed by atoms with Crippen LogP contribution in [0, 0.1) is 0 Å². The van der Waals surface area contributed by atoms with Crippen molar-refractivity contribution in [1.29, 1.82) is 0 Å². The fourth-order valence-corrected chi connectivity index (χ4v) is 3.37. The summed E-state index contributed by atoms with van der Waals surface area (Å²) >= 11 is 5.93. The Hall–Kier alpha value is -1.79. The van der Waals surface area contributed by atoms with Gasteiger partial charge in [0.2, 0.25) is 5.91 Å². The number of hydrogen-bond acceptors (Lipinski definition) is 3. The quantitative estimate of drug-likeness (QED) is 0.876. The lowest BCUT2D eigenvalue weighted by Gasteiger charge is -2.24. The van der Waals surface area contributed by atoms with Gasteiger partial charge in [0, 0.05) is 30.4 Å². The van der Waals surface area contributed by atoms with Crippen LogP contribution in [0.4, 0.5) is 10.5 Å². The van der Waals surface area contributed by atoms with Crippen LogP contribution < -0.4 is 10.6 Å². The fraction of sp³-hybridized carbons (Fsp3) is 0.529. The maximum Gasteiger partial charge on any atom is 0.322 e. The molecule has 2 saturated heterocycles. The summed E-state index contributed by atoms with van der Waals surface area (Å²) in [5.74, 6) is -0.107. The van der Waals surface area contributed by atoms with E-state index >= 15 is 0 Å². The van der Waals surface area contributed by atoms with Crippen molar-refractivity contribution in [2.75, 3.05) is 25.0 Å². The monoisotopic (exact) mass is 351 g/mol. The zero-order chi connectivity index (χ0) is 16.9. The number of carbonyl (C=O) groups excluding carboxylic acids is 2. The van der Waals surface area contributed by atoms with Gasteiger partial charge in [0.25, 0.3) is 0 Å². The maximum absolute atomic E-state index is 12.5. The second kappa shape index (κ2) is 7.85. The lowest BCUT2D eigenvalue weighted by Crippen LogP contribution is -2.48. The highest BCUT2D eigenvalue weighted by Gasteiger charge is 2.34. The van der Waals surface area contributed by atoms with E-state index in [1.807, 2.05) is 0 Å². The molecule has 24 heavy (non-hydrogen) atoms. The van der Waals surface area contributed by atoms with Crippen LogP contribution in [0.2, 0.25) is 5.02 Å². The Morgan fingerprint density at radius 1 is 1.29 bits per heavy atom. The molecule has 2 N–H and O–H groups in total. The molecule has 2 fully saturated rings. The Balaban J connectivity index is 1.55. The van der Waals surface area contributed by atoms with E-state index in [0.717, 1.165) is 25.9 Å². The van der Waals surface area contributed by atoms with E-state index in [4.69, 9.17) is 16.3 Å². The summed E-state index contributed by atoms with van der Waals surface area (Å²) in [7, 11) is 0. The molecular formula is C17H22ClN3O3. The van der Waals surface area contributed by atoms with Gasteiger partial charge >= 0.3 is 6.03 Å². The van der Waals surface area contributed by atoms with Crippen molar-refractivity contribution >= 4 is 29.2 Å². The van der Waals surface area contributed by atoms with Crippen molar-refractivity contribution in [3.8, 4) is 0 Å². The Kier molecular flexibility index (Phi) is 5.58. The van der Waals surface area contributed by atoms with Crippen LogP contribution >= 0.6 is 11.6 Å². The molecule has 0 saturated carbocycles. The van der Waals surface area contributed by atoms with E-state index in [1.165, 1.54) is 0 Å². The van der Waals surface area contributed by atoms with Crippen LogP contribution in [0.25, 0.3) is 0 Å². The molecule has 2 unspecified atom stereocenters. The van der Waals surface area contributed by atoms with E-state index in [1.54, 1.807) is 29.2 Å². The van der Waals surface area contributed by atoms with E-state index in [9.17, 15) is 9.59 Å². The second-order valence-electron chi connectivity index (χ2n) is 6.17. The third-order valence-corrected chi connectivity index (χ3v) is 4.66. The van der Waals surface area contributed by atoms with Crippen LogP contribution in [-0.2, 0) is 9.53 Å². The minimum atomic E-state index is -0.425. The Morgan fingerprint density at radius 3 is 2.92 bits per heavy atom. The van der Waals surface area contributed by atoms with Crippen LogP contribution in [-0.4, -0.2) is 48.7 Å². The minimum Gasteiger partial charge on any atom is -0.376 e. The Morgan fingerprint density at radius 2 is 2.17 bits per heavy atom. The average Bonchev–Trinajstić information content (AvgIpc) is 3.24. The van der Waals surface area contributed by atoms with Crippen molar-refractivity contribution in [2.24, 2.45) is 0 Å². The summed E-state index contributed by atoms with van der Waals surface area (Å²) in [4.78, 5) is 26.5. The number of carbonyl (C=O) groups is 2. The van der Waals surface area contributed by atoms with Crippen molar-refractivity contribution in [3.05, 3.63) is 29.3 Å². The Labute approximate surface area is 146 Å². The van der Waals surface area contributed by atoms with E-state index in [2.05, 4.69) is 10.6 Å². The van der Waals surface area contributed by atoms with Crippen molar-refractivity contribution < 1.29 is 14.3 Å². The molecule has 2 heterocycles. The first kappa shape index (κ1) is 17.0. The first-order valence-electron chi connectivity index (χ1n) is 8.36. The van der Waals surface area contributed by atoms with Gasteiger partial charge < -0.3 is 20.3 Å². The maximum atomic E-state index is 12.5. The average molecular weight is 352 g/mol. The summed E-state index contributed by atoms with van der Waals surface area (Å²) in [5, 5.41) is 6.28. The molecular weight excluding hydrogens is 330 g/mol. The largest absolute Gasteiger partial charge is 0.376 e. The number of benzene rings is 1. The zero-order valence-corrected chi connectivity index (χ0v) is 14.2. The normalized spacial score (nSPS) is 23.3. The van der Waals surface area contributed by atoms with Crippen LogP contribution in [0.5, 0.6) is 0 Å². The summed E-state index contributed by atoms with van der Waals surface area (Å²) in [5.41, 5.74) is 0.623. The van der Waals surface area contributed by atoms with Crippen molar-refractivity contribution in [1.82, 2.24) is 10.2 Å². The molecule has 0 aliphatic carbocycles. The third-order valence-electron chi connectivity index (χ3n) is 4.42. The standard InChI is InChI=1S/C17H22ClN3O3/c18-12-4-1-5-13(10-12)20-17(23)21-8-2-7-15(21)16(22)19-11-14-6-3-9-24-14/h1,4-5,10,14-15H,2-3,6-9,11H2,(H,19,22)(H,20,23). The number of likely N-dealkylation sites (tertiary alicyclic amines) is 1. The highest BCUT2D eigenvalue weighted by Crippen LogP contribution is 2.21. The minimum absolute atomic E-state index is 0.101. The third kappa shape index (κ3) is 4.19. The topological polar surface area (TPSA) is 70.7 Å². The molecule has 1 aromatic carbocycles. The predicted octanol–water partition coefficient (Wildman–Crippen LogP) is 2.63. The van der Waals surface area contributed by atoms with Crippen molar-refractivity contribution in [2.45, 2.75) is 37.8 Å². The molecule has 0 radical (unpaired) electrons. The predicted molar refractivity (Wildman–Crippen MR) is 92.2 cm³/mol. The summed E-state index contributed by atoms with van der Waals surface area (Å²) in [6, 6.07) is 6.27. The van der Waals surface area contributed by atoms with Gasteiger partial charge in [0.1, 0.15) is 6.04 Å². The van der Waals surface area contributed by atoms with Crippen LogP contribution in [0.15, 0.2) is 24.3 Å². The molecule has 2 aliphatic heterocycles.